The molecule has 0 aromatic heterocycles. The molecule has 0 saturated heterocycles. The summed E-state index contributed by atoms with van der Waals surface area (Å²) in [6.45, 7) is 14.9. The summed E-state index contributed by atoms with van der Waals surface area (Å²) in [5.74, 6) is 0. The second kappa shape index (κ2) is 7.45. The molecule has 92 valence electrons. The summed E-state index contributed by atoms with van der Waals surface area (Å²) in [5.41, 5.74) is 3.04. The minimum Gasteiger partial charge on any atom is -0.313 e. The molecular formula is C15H27N. The van der Waals surface area contributed by atoms with Gasteiger partial charge in [-0.15, -0.1) is 0 Å². The first kappa shape index (κ1) is 15.2. The maximum absolute atomic E-state index is 3.34. The van der Waals surface area contributed by atoms with Gasteiger partial charge in [0.2, 0.25) is 0 Å². The van der Waals surface area contributed by atoms with E-state index in [2.05, 4.69) is 57.3 Å². The Morgan fingerprint density at radius 3 is 2.25 bits per heavy atom. The Morgan fingerprint density at radius 2 is 1.75 bits per heavy atom. The van der Waals surface area contributed by atoms with Gasteiger partial charge in [0, 0.05) is 6.54 Å². The topological polar surface area (TPSA) is 12.0 Å². The molecule has 1 heteroatoms. The average molecular weight is 221 g/mol. The van der Waals surface area contributed by atoms with Crippen LogP contribution in [0, 0.1) is 0 Å². The van der Waals surface area contributed by atoms with Crippen LogP contribution in [0.3, 0.4) is 0 Å². The van der Waals surface area contributed by atoms with Gasteiger partial charge in [0.05, 0.1) is 0 Å². The highest BCUT2D eigenvalue weighted by Gasteiger charge is 2.13. The normalized spacial score (nSPS) is 10.6. The lowest BCUT2D eigenvalue weighted by Gasteiger charge is -2.19. The minimum atomic E-state index is 0.252. The van der Waals surface area contributed by atoms with Gasteiger partial charge < -0.3 is 5.32 Å². The van der Waals surface area contributed by atoms with E-state index < -0.39 is 0 Å². The standard InChI is InChI=1S/C13H21N.C2H6/c1-5-14-10-11-7-6-8-12(9-11)13(2,3)4;1-2/h6-9,14H,5,10H2,1-4H3;1-2H3. The fourth-order valence-corrected chi connectivity index (χ4v) is 1.42. The molecule has 0 radical (unpaired) electrons. The summed E-state index contributed by atoms with van der Waals surface area (Å²) in [6, 6.07) is 8.82. The predicted octanol–water partition coefficient (Wildman–Crippen LogP) is 4.12. The van der Waals surface area contributed by atoms with E-state index in [1.54, 1.807) is 0 Å². The van der Waals surface area contributed by atoms with Crippen LogP contribution < -0.4 is 5.32 Å². The van der Waals surface area contributed by atoms with E-state index in [0.29, 0.717) is 0 Å². The van der Waals surface area contributed by atoms with Gasteiger partial charge in [0.15, 0.2) is 0 Å². The first-order chi connectivity index (χ1) is 7.54. The summed E-state index contributed by atoms with van der Waals surface area (Å²) >= 11 is 0. The molecule has 0 aliphatic rings. The van der Waals surface area contributed by atoms with E-state index in [9.17, 15) is 0 Å². The molecule has 0 heterocycles. The zero-order valence-corrected chi connectivity index (χ0v) is 11.7. The Balaban J connectivity index is 0.00000106. The van der Waals surface area contributed by atoms with Gasteiger partial charge in [0.25, 0.3) is 0 Å². The van der Waals surface area contributed by atoms with Crippen LogP contribution in [-0.4, -0.2) is 6.54 Å². The van der Waals surface area contributed by atoms with Crippen molar-refractivity contribution in [1.82, 2.24) is 5.32 Å². The van der Waals surface area contributed by atoms with Crippen molar-refractivity contribution in [2.75, 3.05) is 6.54 Å². The Kier molecular flexibility index (Phi) is 7.07. The van der Waals surface area contributed by atoms with Crippen molar-refractivity contribution >= 4 is 0 Å². The number of nitrogens with one attached hydrogen (secondary N) is 1. The second-order valence-corrected chi connectivity index (χ2v) is 4.73. The molecule has 0 unspecified atom stereocenters. The van der Waals surface area contributed by atoms with Crippen LogP contribution in [0.4, 0.5) is 0 Å². The third-order valence-electron chi connectivity index (χ3n) is 2.37. The third-order valence-corrected chi connectivity index (χ3v) is 2.37. The molecular weight excluding hydrogens is 194 g/mol. The summed E-state index contributed by atoms with van der Waals surface area (Å²) in [6.07, 6.45) is 0. The Hall–Kier alpha value is -0.820. The van der Waals surface area contributed by atoms with Gasteiger partial charge >= 0.3 is 0 Å². The highest BCUT2D eigenvalue weighted by Crippen LogP contribution is 2.22. The number of hydrogen-bond acceptors (Lipinski definition) is 1. The van der Waals surface area contributed by atoms with Gasteiger partial charge in [-0.1, -0.05) is 65.8 Å². The molecule has 0 aliphatic heterocycles. The summed E-state index contributed by atoms with van der Waals surface area (Å²) in [4.78, 5) is 0. The van der Waals surface area contributed by atoms with Gasteiger partial charge in [0.1, 0.15) is 0 Å². The summed E-state index contributed by atoms with van der Waals surface area (Å²) in [7, 11) is 0. The zero-order chi connectivity index (χ0) is 12.6. The molecule has 0 atom stereocenters. The number of rotatable bonds is 3. The van der Waals surface area contributed by atoms with Crippen molar-refractivity contribution in [1.29, 1.82) is 0 Å². The van der Waals surface area contributed by atoms with Gasteiger partial charge in [-0.05, 0) is 23.1 Å². The lowest BCUT2D eigenvalue weighted by atomic mass is 9.86. The van der Waals surface area contributed by atoms with Crippen LogP contribution in [0.1, 0.15) is 52.7 Å². The molecule has 1 aromatic rings. The van der Waals surface area contributed by atoms with Crippen molar-refractivity contribution < 1.29 is 0 Å². The van der Waals surface area contributed by atoms with Crippen molar-refractivity contribution in [3.8, 4) is 0 Å². The quantitative estimate of drug-likeness (QED) is 0.809. The maximum atomic E-state index is 3.34. The number of hydrogen-bond donors (Lipinski definition) is 1. The minimum absolute atomic E-state index is 0.252. The molecule has 0 bridgehead atoms. The lowest BCUT2D eigenvalue weighted by Crippen LogP contribution is -2.14. The summed E-state index contributed by atoms with van der Waals surface area (Å²) < 4.78 is 0. The molecule has 0 spiro atoms. The second-order valence-electron chi connectivity index (χ2n) is 4.73. The smallest absolute Gasteiger partial charge is 0.0205 e. The van der Waals surface area contributed by atoms with Crippen molar-refractivity contribution in [3.05, 3.63) is 35.4 Å². The monoisotopic (exact) mass is 221 g/mol. The highest BCUT2D eigenvalue weighted by molar-refractivity contribution is 5.28. The first-order valence-electron chi connectivity index (χ1n) is 6.34. The SMILES string of the molecule is CC.CCNCc1cccc(C(C)(C)C)c1. The summed E-state index contributed by atoms with van der Waals surface area (Å²) in [5, 5.41) is 3.34. The fourth-order valence-electron chi connectivity index (χ4n) is 1.42. The molecule has 0 fully saturated rings. The Labute approximate surface area is 101 Å². The van der Waals surface area contributed by atoms with Crippen LogP contribution in [0.25, 0.3) is 0 Å². The van der Waals surface area contributed by atoms with Crippen LogP contribution >= 0.6 is 0 Å². The van der Waals surface area contributed by atoms with Crippen molar-refractivity contribution in [3.63, 3.8) is 0 Å². The fraction of sp³-hybridized carbons (Fsp3) is 0.600. The third kappa shape index (κ3) is 5.32. The van der Waals surface area contributed by atoms with E-state index in [4.69, 9.17) is 0 Å². The van der Waals surface area contributed by atoms with Crippen LogP contribution in [0.2, 0.25) is 0 Å². The average Bonchev–Trinajstić information content (AvgIpc) is 2.28. The predicted molar refractivity (Wildman–Crippen MR) is 73.9 cm³/mol. The van der Waals surface area contributed by atoms with Gasteiger partial charge in [-0.25, -0.2) is 0 Å². The first-order valence-corrected chi connectivity index (χ1v) is 6.34. The van der Waals surface area contributed by atoms with Crippen LogP contribution in [0.5, 0.6) is 0 Å². The van der Waals surface area contributed by atoms with Crippen molar-refractivity contribution in [2.45, 2.75) is 53.5 Å². The Morgan fingerprint density at radius 1 is 1.12 bits per heavy atom. The van der Waals surface area contributed by atoms with Gasteiger partial charge in [-0.3, -0.25) is 0 Å². The molecule has 1 rings (SSSR count). The van der Waals surface area contributed by atoms with E-state index >= 15 is 0 Å². The van der Waals surface area contributed by atoms with E-state index in [-0.39, 0.29) is 5.41 Å². The zero-order valence-electron chi connectivity index (χ0n) is 11.7. The van der Waals surface area contributed by atoms with Crippen molar-refractivity contribution in [2.24, 2.45) is 0 Å². The van der Waals surface area contributed by atoms with Gasteiger partial charge in [-0.2, -0.15) is 0 Å². The number of benzene rings is 1. The van der Waals surface area contributed by atoms with E-state index in [0.717, 1.165) is 13.1 Å². The molecule has 0 saturated carbocycles. The molecule has 0 aliphatic carbocycles. The highest BCUT2D eigenvalue weighted by atomic mass is 14.8. The molecule has 16 heavy (non-hydrogen) atoms. The van der Waals surface area contributed by atoms with Crippen LogP contribution in [-0.2, 0) is 12.0 Å². The lowest BCUT2D eigenvalue weighted by molar-refractivity contribution is 0.588. The van der Waals surface area contributed by atoms with E-state index in [1.807, 2.05) is 13.8 Å². The molecule has 1 N–H and O–H groups in total. The largest absolute Gasteiger partial charge is 0.313 e. The Bertz CT molecular complexity index is 284. The van der Waals surface area contributed by atoms with E-state index in [1.165, 1.54) is 11.1 Å². The molecule has 0 amide bonds. The van der Waals surface area contributed by atoms with Crippen LogP contribution in [0.15, 0.2) is 24.3 Å². The maximum Gasteiger partial charge on any atom is 0.0205 e. The molecule has 1 nitrogen and oxygen atoms in total. The molecule has 1 aromatic carbocycles.